The van der Waals surface area contributed by atoms with Crippen LogP contribution in [0.1, 0.15) is 25.7 Å². The van der Waals surface area contributed by atoms with Crippen molar-refractivity contribution in [3.8, 4) is 0 Å². The first-order chi connectivity index (χ1) is 8.99. The molecule has 0 heterocycles. The van der Waals surface area contributed by atoms with Gasteiger partial charge in [-0.05, 0) is 37.3 Å². The van der Waals surface area contributed by atoms with Crippen molar-refractivity contribution in [1.82, 2.24) is 4.72 Å². The summed E-state index contributed by atoms with van der Waals surface area (Å²) in [6.07, 6.45) is 3.06. The molecule has 106 valence electrons. The Morgan fingerprint density at radius 3 is 2.74 bits per heavy atom. The van der Waals surface area contributed by atoms with Crippen LogP contribution in [0.5, 0.6) is 0 Å². The van der Waals surface area contributed by atoms with Crippen LogP contribution in [0.25, 0.3) is 0 Å². The largest absolute Gasteiger partial charge is 0.393 e. The summed E-state index contributed by atoms with van der Waals surface area (Å²) in [6.45, 7) is 0.352. The van der Waals surface area contributed by atoms with Crippen LogP contribution in [0.3, 0.4) is 0 Å². The van der Waals surface area contributed by atoms with Crippen molar-refractivity contribution in [3.05, 3.63) is 29.3 Å². The van der Waals surface area contributed by atoms with Crippen molar-refractivity contribution < 1.29 is 13.5 Å². The highest BCUT2D eigenvalue weighted by molar-refractivity contribution is 7.89. The van der Waals surface area contributed by atoms with Gasteiger partial charge in [-0.3, -0.25) is 0 Å². The Morgan fingerprint density at radius 2 is 2.05 bits per heavy atom. The van der Waals surface area contributed by atoms with Crippen LogP contribution in [-0.4, -0.2) is 26.2 Å². The minimum absolute atomic E-state index is 0.105. The second-order valence-electron chi connectivity index (χ2n) is 4.97. The third kappa shape index (κ3) is 3.92. The highest BCUT2D eigenvalue weighted by Gasteiger charge is 2.23. The minimum Gasteiger partial charge on any atom is -0.393 e. The van der Waals surface area contributed by atoms with E-state index in [4.69, 9.17) is 11.6 Å². The third-order valence-corrected chi connectivity index (χ3v) is 5.37. The highest BCUT2D eigenvalue weighted by Crippen LogP contribution is 2.25. The van der Waals surface area contributed by atoms with Crippen LogP contribution in [0.2, 0.25) is 5.02 Å². The average Bonchev–Trinajstić information content (AvgIpc) is 2.37. The van der Waals surface area contributed by atoms with Gasteiger partial charge in [-0.15, -0.1) is 0 Å². The molecule has 6 heteroatoms. The molecule has 0 spiro atoms. The second-order valence-corrected chi connectivity index (χ2v) is 7.11. The molecule has 1 aliphatic carbocycles. The summed E-state index contributed by atoms with van der Waals surface area (Å²) < 4.78 is 26.8. The van der Waals surface area contributed by atoms with Gasteiger partial charge >= 0.3 is 0 Å². The molecule has 0 amide bonds. The number of aliphatic hydroxyl groups excluding tert-OH is 1. The van der Waals surface area contributed by atoms with Gasteiger partial charge in [0, 0.05) is 6.54 Å². The fourth-order valence-corrected chi connectivity index (χ4v) is 4.05. The SMILES string of the molecule is O=S(=O)(NCC1CCCC(O)C1)c1ccccc1Cl. The zero-order valence-corrected chi connectivity index (χ0v) is 12.1. The lowest BCUT2D eigenvalue weighted by Gasteiger charge is -2.25. The number of nitrogens with one attached hydrogen (secondary N) is 1. The number of sulfonamides is 1. The molecule has 1 aromatic rings. The van der Waals surface area contributed by atoms with Crippen molar-refractivity contribution >= 4 is 21.6 Å². The lowest BCUT2D eigenvalue weighted by atomic mass is 9.87. The quantitative estimate of drug-likeness (QED) is 0.896. The molecule has 2 N–H and O–H groups in total. The van der Waals surface area contributed by atoms with Gasteiger partial charge in [0.1, 0.15) is 4.90 Å². The smallest absolute Gasteiger partial charge is 0.242 e. The minimum atomic E-state index is -3.57. The Hall–Kier alpha value is -0.620. The van der Waals surface area contributed by atoms with E-state index in [1.807, 2.05) is 0 Å². The van der Waals surface area contributed by atoms with Crippen LogP contribution in [-0.2, 0) is 10.0 Å². The molecule has 1 fully saturated rings. The number of benzene rings is 1. The Bertz CT molecular complexity index is 532. The maximum absolute atomic E-state index is 12.1. The molecule has 2 unspecified atom stereocenters. The molecule has 4 nitrogen and oxygen atoms in total. The predicted octanol–water partition coefficient (Wildman–Crippen LogP) is 2.17. The van der Waals surface area contributed by atoms with E-state index in [-0.39, 0.29) is 21.9 Å². The first kappa shape index (κ1) is 14.8. The zero-order chi connectivity index (χ0) is 13.9. The molecule has 0 aromatic heterocycles. The summed E-state index contributed by atoms with van der Waals surface area (Å²) in [6, 6.07) is 6.38. The van der Waals surface area contributed by atoms with Crippen LogP contribution >= 0.6 is 11.6 Å². The van der Waals surface area contributed by atoms with Crippen molar-refractivity contribution in [1.29, 1.82) is 0 Å². The van der Waals surface area contributed by atoms with E-state index >= 15 is 0 Å². The van der Waals surface area contributed by atoms with E-state index in [0.717, 1.165) is 19.3 Å². The Kier molecular flexibility index (Phi) is 4.84. The normalized spacial score (nSPS) is 24.3. The summed E-state index contributed by atoms with van der Waals surface area (Å²) in [4.78, 5) is 0.105. The Morgan fingerprint density at radius 1 is 1.32 bits per heavy atom. The maximum Gasteiger partial charge on any atom is 0.242 e. The zero-order valence-electron chi connectivity index (χ0n) is 10.5. The van der Waals surface area contributed by atoms with Gasteiger partial charge < -0.3 is 5.11 Å². The van der Waals surface area contributed by atoms with Crippen LogP contribution in [0, 0.1) is 5.92 Å². The summed E-state index contributed by atoms with van der Waals surface area (Å²) in [5.41, 5.74) is 0. The molecule has 0 saturated heterocycles. The van der Waals surface area contributed by atoms with Crippen molar-refractivity contribution in [3.63, 3.8) is 0 Å². The third-order valence-electron chi connectivity index (χ3n) is 3.44. The molecule has 0 aliphatic heterocycles. The highest BCUT2D eigenvalue weighted by atomic mass is 35.5. The van der Waals surface area contributed by atoms with Gasteiger partial charge in [-0.1, -0.05) is 30.2 Å². The van der Waals surface area contributed by atoms with Gasteiger partial charge in [-0.2, -0.15) is 0 Å². The first-order valence-electron chi connectivity index (χ1n) is 6.41. The van der Waals surface area contributed by atoms with E-state index in [2.05, 4.69) is 4.72 Å². The molecule has 0 radical (unpaired) electrons. The first-order valence-corrected chi connectivity index (χ1v) is 8.27. The average molecular weight is 304 g/mol. The monoisotopic (exact) mass is 303 g/mol. The standard InChI is InChI=1S/C13H18ClNO3S/c14-12-6-1-2-7-13(12)19(17,18)15-9-10-4-3-5-11(16)8-10/h1-2,6-7,10-11,15-16H,3-5,8-9H2. The molecule has 19 heavy (non-hydrogen) atoms. The van der Waals surface area contributed by atoms with E-state index in [1.54, 1.807) is 18.2 Å². The number of aliphatic hydroxyl groups is 1. The van der Waals surface area contributed by atoms with E-state index in [1.165, 1.54) is 6.07 Å². The molecular formula is C13H18ClNO3S. The van der Waals surface area contributed by atoms with Gasteiger partial charge in [0.2, 0.25) is 10.0 Å². The fraction of sp³-hybridized carbons (Fsp3) is 0.538. The van der Waals surface area contributed by atoms with Crippen molar-refractivity contribution in [2.24, 2.45) is 5.92 Å². The van der Waals surface area contributed by atoms with Crippen LogP contribution in [0.15, 0.2) is 29.2 Å². The molecule has 1 saturated carbocycles. The summed E-state index contributed by atoms with van der Waals surface area (Å²) >= 11 is 5.89. The van der Waals surface area contributed by atoms with E-state index < -0.39 is 10.0 Å². The molecule has 1 aromatic carbocycles. The lowest BCUT2D eigenvalue weighted by molar-refractivity contribution is 0.102. The Balaban J connectivity index is 2.00. The second kappa shape index (κ2) is 6.22. The van der Waals surface area contributed by atoms with Gasteiger partial charge in [0.05, 0.1) is 11.1 Å². The molecule has 1 aliphatic rings. The lowest BCUT2D eigenvalue weighted by Crippen LogP contribution is -2.33. The van der Waals surface area contributed by atoms with Gasteiger partial charge in [-0.25, -0.2) is 13.1 Å². The number of rotatable bonds is 4. The molecular weight excluding hydrogens is 286 g/mol. The fourth-order valence-electron chi connectivity index (χ4n) is 2.42. The van der Waals surface area contributed by atoms with E-state index in [0.29, 0.717) is 13.0 Å². The van der Waals surface area contributed by atoms with Gasteiger partial charge in [0.25, 0.3) is 0 Å². The topological polar surface area (TPSA) is 66.4 Å². The number of hydrogen-bond donors (Lipinski definition) is 2. The van der Waals surface area contributed by atoms with Crippen molar-refractivity contribution in [2.75, 3.05) is 6.54 Å². The predicted molar refractivity (Wildman–Crippen MR) is 74.6 cm³/mol. The van der Waals surface area contributed by atoms with Crippen LogP contribution in [0.4, 0.5) is 0 Å². The van der Waals surface area contributed by atoms with Crippen LogP contribution < -0.4 is 4.72 Å². The van der Waals surface area contributed by atoms with Crippen molar-refractivity contribution in [2.45, 2.75) is 36.7 Å². The summed E-state index contributed by atoms with van der Waals surface area (Å²) in [7, 11) is -3.57. The molecule has 2 atom stereocenters. The maximum atomic E-state index is 12.1. The summed E-state index contributed by atoms with van der Waals surface area (Å²) in [5.74, 6) is 0.195. The molecule has 0 bridgehead atoms. The molecule has 2 rings (SSSR count). The Labute approximate surface area is 118 Å². The number of halogens is 1. The summed E-state index contributed by atoms with van der Waals surface area (Å²) in [5, 5.41) is 9.79. The van der Waals surface area contributed by atoms with E-state index in [9.17, 15) is 13.5 Å². The van der Waals surface area contributed by atoms with Gasteiger partial charge in [0.15, 0.2) is 0 Å². The number of hydrogen-bond acceptors (Lipinski definition) is 3.